The monoisotopic (exact) mass is 266 g/mol. The first kappa shape index (κ1) is 15.3. The third-order valence-corrected chi connectivity index (χ3v) is 5.53. The van der Waals surface area contributed by atoms with Gasteiger partial charge in [-0.1, -0.05) is 12.8 Å². The summed E-state index contributed by atoms with van der Waals surface area (Å²) in [4.78, 5) is 5.46. The van der Waals surface area contributed by atoms with Crippen molar-refractivity contribution in [2.75, 3.05) is 19.6 Å². The molecule has 0 aromatic rings. The molecule has 2 rings (SSSR count). The molecule has 0 spiro atoms. The number of rotatable bonds is 4. The maximum absolute atomic E-state index is 2.76. The first-order valence-electron chi connectivity index (χ1n) is 8.59. The van der Waals surface area contributed by atoms with E-state index in [2.05, 4.69) is 37.5 Å². The molecule has 0 bridgehead atoms. The number of likely N-dealkylation sites (tertiary alicyclic amines) is 2. The standard InChI is InChI=1S/C17H34N2/c1-14(2)19-12-9-17(16(19)4)13-15(3)18-10-7-5-6-8-11-18/h14-17H,5-13H2,1-4H3/t15?,16-,17?/m1/s1. The van der Waals surface area contributed by atoms with Crippen LogP contribution in [0.5, 0.6) is 0 Å². The first-order valence-corrected chi connectivity index (χ1v) is 8.59. The zero-order valence-electron chi connectivity index (χ0n) is 13.6. The summed E-state index contributed by atoms with van der Waals surface area (Å²) in [5.74, 6) is 0.917. The van der Waals surface area contributed by atoms with Gasteiger partial charge in [0.15, 0.2) is 0 Å². The van der Waals surface area contributed by atoms with Gasteiger partial charge in [-0.2, -0.15) is 0 Å². The minimum atomic E-state index is 0.716. The van der Waals surface area contributed by atoms with Gasteiger partial charge < -0.3 is 4.90 Å². The Morgan fingerprint density at radius 2 is 1.58 bits per heavy atom. The van der Waals surface area contributed by atoms with Gasteiger partial charge in [0.05, 0.1) is 0 Å². The number of nitrogens with zero attached hydrogens (tertiary/aromatic N) is 2. The lowest BCUT2D eigenvalue weighted by molar-refractivity contribution is 0.154. The summed E-state index contributed by atoms with van der Waals surface area (Å²) < 4.78 is 0. The maximum Gasteiger partial charge on any atom is 0.00989 e. The Morgan fingerprint density at radius 1 is 0.947 bits per heavy atom. The van der Waals surface area contributed by atoms with Crippen molar-refractivity contribution in [2.45, 2.75) is 84.3 Å². The highest BCUT2D eigenvalue weighted by molar-refractivity contribution is 4.88. The van der Waals surface area contributed by atoms with Gasteiger partial charge in [0.25, 0.3) is 0 Å². The molecule has 2 heteroatoms. The SMILES string of the molecule is CC(CC1CCN(C(C)C)[C@@H]1C)N1CCCCCC1. The Balaban J connectivity index is 1.83. The van der Waals surface area contributed by atoms with Crippen molar-refractivity contribution in [3.8, 4) is 0 Å². The minimum absolute atomic E-state index is 0.716. The average Bonchev–Trinajstić information content (AvgIpc) is 2.60. The lowest BCUT2D eigenvalue weighted by atomic mass is 9.93. The summed E-state index contributed by atoms with van der Waals surface area (Å²) in [6, 6.07) is 2.29. The Morgan fingerprint density at radius 3 is 2.11 bits per heavy atom. The van der Waals surface area contributed by atoms with Crippen molar-refractivity contribution in [2.24, 2.45) is 5.92 Å². The summed E-state index contributed by atoms with van der Waals surface area (Å²) in [5.41, 5.74) is 0. The second kappa shape index (κ2) is 7.08. The highest BCUT2D eigenvalue weighted by Crippen LogP contribution is 2.31. The maximum atomic E-state index is 2.76. The predicted molar refractivity (Wildman–Crippen MR) is 83.5 cm³/mol. The third-order valence-electron chi connectivity index (χ3n) is 5.53. The Labute approximate surface area is 120 Å². The van der Waals surface area contributed by atoms with Crippen LogP contribution in [0.3, 0.4) is 0 Å². The van der Waals surface area contributed by atoms with Crippen molar-refractivity contribution in [3.05, 3.63) is 0 Å². The van der Waals surface area contributed by atoms with Crippen LogP contribution in [0, 0.1) is 5.92 Å². The van der Waals surface area contributed by atoms with E-state index in [4.69, 9.17) is 0 Å². The van der Waals surface area contributed by atoms with E-state index in [0.717, 1.165) is 18.0 Å². The molecule has 0 radical (unpaired) electrons. The molecule has 0 aliphatic carbocycles. The van der Waals surface area contributed by atoms with Crippen LogP contribution in [-0.2, 0) is 0 Å². The highest BCUT2D eigenvalue weighted by atomic mass is 15.2. The van der Waals surface area contributed by atoms with Crippen LogP contribution >= 0.6 is 0 Å². The molecule has 0 N–H and O–H groups in total. The summed E-state index contributed by atoms with van der Waals surface area (Å²) in [7, 11) is 0. The number of hydrogen-bond donors (Lipinski definition) is 0. The first-order chi connectivity index (χ1) is 9.09. The van der Waals surface area contributed by atoms with Gasteiger partial charge >= 0.3 is 0 Å². The fraction of sp³-hybridized carbons (Fsp3) is 1.00. The Bertz CT molecular complexity index is 256. The molecule has 0 amide bonds. The molecule has 0 aromatic heterocycles. The van der Waals surface area contributed by atoms with E-state index in [9.17, 15) is 0 Å². The molecular formula is C17H34N2. The van der Waals surface area contributed by atoms with Crippen LogP contribution in [0.4, 0.5) is 0 Å². The van der Waals surface area contributed by atoms with E-state index < -0.39 is 0 Å². The van der Waals surface area contributed by atoms with Crippen LogP contribution in [0.1, 0.15) is 66.2 Å². The van der Waals surface area contributed by atoms with Crippen LogP contribution in [0.2, 0.25) is 0 Å². The molecule has 2 aliphatic heterocycles. The van der Waals surface area contributed by atoms with E-state index in [1.165, 1.54) is 58.2 Å². The highest BCUT2D eigenvalue weighted by Gasteiger charge is 2.33. The molecule has 19 heavy (non-hydrogen) atoms. The van der Waals surface area contributed by atoms with E-state index in [1.54, 1.807) is 0 Å². The van der Waals surface area contributed by atoms with Crippen molar-refractivity contribution in [1.82, 2.24) is 9.80 Å². The van der Waals surface area contributed by atoms with Crippen LogP contribution in [0.15, 0.2) is 0 Å². The zero-order valence-corrected chi connectivity index (χ0v) is 13.6. The van der Waals surface area contributed by atoms with Crippen molar-refractivity contribution < 1.29 is 0 Å². The van der Waals surface area contributed by atoms with E-state index >= 15 is 0 Å². The second-order valence-corrected chi connectivity index (χ2v) is 7.16. The predicted octanol–water partition coefficient (Wildman–Crippen LogP) is 3.76. The van der Waals surface area contributed by atoms with E-state index in [-0.39, 0.29) is 0 Å². The Kier molecular flexibility index (Phi) is 5.70. The fourth-order valence-electron chi connectivity index (χ4n) is 4.20. The molecule has 2 fully saturated rings. The molecular weight excluding hydrogens is 232 g/mol. The second-order valence-electron chi connectivity index (χ2n) is 7.16. The van der Waals surface area contributed by atoms with Crippen molar-refractivity contribution in [3.63, 3.8) is 0 Å². The minimum Gasteiger partial charge on any atom is -0.301 e. The summed E-state index contributed by atoms with van der Waals surface area (Å²) in [6.07, 6.45) is 8.56. The van der Waals surface area contributed by atoms with Gasteiger partial charge in [-0.05, 0) is 78.9 Å². The van der Waals surface area contributed by atoms with Crippen molar-refractivity contribution in [1.29, 1.82) is 0 Å². The average molecular weight is 266 g/mol. The normalized spacial score (nSPS) is 32.7. The summed E-state index contributed by atoms with van der Waals surface area (Å²) >= 11 is 0. The molecule has 3 atom stereocenters. The fourth-order valence-corrected chi connectivity index (χ4v) is 4.20. The van der Waals surface area contributed by atoms with Gasteiger partial charge in [-0.3, -0.25) is 4.90 Å². The van der Waals surface area contributed by atoms with Crippen LogP contribution in [0.25, 0.3) is 0 Å². The van der Waals surface area contributed by atoms with Gasteiger partial charge in [-0.25, -0.2) is 0 Å². The van der Waals surface area contributed by atoms with Gasteiger partial charge in [-0.15, -0.1) is 0 Å². The molecule has 0 saturated carbocycles. The molecule has 2 heterocycles. The lowest BCUT2D eigenvalue weighted by Crippen LogP contribution is -2.39. The summed E-state index contributed by atoms with van der Waals surface area (Å²) in [6.45, 7) is 13.6. The molecule has 0 aromatic carbocycles. The molecule has 2 nitrogen and oxygen atoms in total. The molecule has 2 saturated heterocycles. The Hall–Kier alpha value is -0.0800. The molecule has 2 unspecified atom stereocenters. The van der Waals surface area contributed by atoms with Crippen LogP contribution in [-0.4, -0.2) is 47.6 Å². The van der Waals surface area contributed by atoms with Crippen LogP contribution < -0.4 is 0 Å². The number of hydrogen-bond acceptors (Lipinski definition) is 2. The van der Waals surface area contributed by atoms with E-state index in [1.807, 2.05) is 0 Å². The zero-order chi connectivity index (χ0) is 13.8. The smallest absolute Gasteiger partial charge is 0.00989 e. The van der Waals surface area contributed by atoms with Gasteiger partial charge in [0.1, 0.15) is 0 Å². The third kappa shape index (κ3) is 3.95. The topological polar surface area (TPSA) is 6.48 Å². The molecule has 2 aliphatic rings. The lowest BCUT2D eigenvalue weighted by Gasteiger charge is -2.33. The van der Waals surface area contributed by atoms with Gasteiger partial charge in [0.2, 0.25) is 0 Å². The van der Waals surface area contributed by atoms with Crippen molar-refractivity contribution >= 4 is 0 Å². The van der Waals surface area contributed by atoms with E-state index in [0.29, 0.717) is 6.04 Å². The molecule has 112 valence electrons. The quantitative estimate of drug-likeness (QED) is 0.764. The van der Waals surface area contributed by atoms with Gasteiger partial charge in [0, 0.05) is 18.1 Å². The summed E-state index contributed by atoms with van der Waals surface area (Å²) in [5, 5.41) is 0. The largest absolute Gasteiger partial charge is 0.301 e.